The molecule has 0 saturated heterocycles. The van der Waals surface area contributed by atoms with Gasteiger partial charge in [0.1, 0.15) is 18.1 Å². The number of hydrogen-bond acceptors (Lipinski definition) is 4. The van der Waals surface area contributed by atoms with E-state index in [2.05, 4.69) is 0 Å². The number of hydrogen-bond donors (Lipinski definition) is 0. The van der Waals surface area contributed by atoms with Crippen molar-refractivity contribution in [2.24, 2.45) is 0 Å². The Bertz CT molecular complexity index is 665. The van der Waals surface area contributed by atoms with E-state index in [1.807, 2.05) is 24.3 Å². The first-order chi connectivity index (χ1) is 10.6. The van der Waals surface area contributed by atoms with Crippen LogP contribution in [-0.2, 0) is 17.8 Å². The molecule has 0 radical (unpaired) electrons. The number of carbonyl (C=O) groups excluding carboxylic acids is 1. The predicted octanol–water partition coefficient (Wildman–Crippen LogP) is 3.70. The van der Waals surface area contributed by atoms with Gasteiger partial charge in [0.05, 0.1) is 10.5 Å². The van der Waals surface area contributed by atoms with Crippen LogP contribution < -0.4 is 4.74 Å². The van der Waals surface area contributed by atoms with E-state index in [9.17, 15) is 14.9 Å². The van der Waals surface area contributed by atoms with Crippen molar-refractivity contribution in [2.75, 3.05) is 0 Å². The van der Waals surface area contributed by atoms with Crippen LogP contribution in [0.4, 0.5) is 5.69 Å². The molecule has 114 valence electrons. The number of nitrogens with zero attached hydrogens (tertiary/aromatic N) is 1. The molecule has 5 heteroatoms. The number of nitro benzene ring substituents is 1. The maximum Gasteiger partial charge on any atom is 0.276 e. The van der Waals surface area contributed by atoms with Gasteiger partial charge in [-0.2, -0.15) is 0 Å². The Morgan fingerprint density at radius 1 is 1.14 bits per heavy atom. The first-order valence-corrected chi connectivity index (χ1v) is 7.00. The molecule has 0 unspecified atom stereocenters. The Morgan fingerprint density at radius 3 is 2.45 bits per heavy atom. The molecular weight excluding hydrogens is 282 g/mol. The lowest BCUT2D eigenvalue weighted by Crippen LogP contribution is -2.00. The maximum atomic E-state index is 11.0. The van der Waals surface area contributed by atoms with Crippen LogP contribution in [0.5, 0.6) is 5.75 Å². The van der Waals surface area contributed by atoms with Crippen molar-refractivity contribution in [3.8, 4) is 5.75 Å². The zero-order chi connectivity index (χ0) is 15.9. The summed E-state index contributed by atoms with van der Waals surface area (Å²) in [5.74, 6) is 0.807. The van der Waals surface area contributed by atoms with Crippen molar-refractivity contribution in [1.82, 2.24) is 0 Å². The smallest absolute Gasteiger partial charge is 0.276 e. The second kappa shape index (κ2) is 7.36. The van der Waals surface area contributed by atoms with Crippen LogP contribution >= 0.6 is 0 Å². The van der Waals surface area contributed by atoms with Crippen LogP contribution in [-0.4, -0.2) is 10.7 Å². The third-order valence-corrected chi connectivity index (χ3v) is 3.27. The molecule has 0 saturated carbocycles. The predicted molar refractivity (Wildman–Crippen MR) is 82.9 cm³/mol. The largest absolute Gasteiger partial charge is 0.489 e. The van der Waals surface area contributed by atoms with E-state index in [1.165, 1.54) is 6.07 Å². The number of para-hydroxylation sites is 1. The van der Waals surface area contributed by atoms with Gasteiger partial charge in [0.15, 0.2) is 0 Å². The minimum atomic E-state index is -0.413. The summed E-state index contributed by atoms with van der Waals surface area (Å²) >= 11 is 0. The van der Waals surface area contributed by atoms with Crippen molar-refractivity contribution < 1.29 is 14.5 Å². The fourth-order valence-electron chi connectivity index (χ4n) is 2.04. The van der Waals surface area contributed by atoms with Gasteiger partial charge in [0.25, 0.3) is 5.69 Å². The van der Waals surface area contributed by atoms with E-state index < -0.39 is 4.92 Å². The van der Waals surface area contributed by atoms with Gasteiger partial charge in [-0.25, -0.2) is 0 Å². The number of rotatable bonds is 7. The Kier molecular flexibility index (Phi) is 5.25. The highest BCUT2D eigenvalue weighted by atomic mass is 16.6. The summed E-state index contributed by atoms with van der Waals surface area (Å²) in [5.41, 5.74) is 1.65. The van der Waals surface area contributed by atoms with Gasteiger partial charge in [0, 0.05) is 12.5 Å². The summed E-state index contributed by atoms with van der Waals surface area (Å²) in [7, 11) is 0. The van der Waals surface area contributed by atoms with Gasteiger partial charge in [-0.1, -0.05) is 24.3 Å². The van der Waals surface area contributed by atoms with Crippen molar-refractivity contribution in [3.05, 3.63) is 69.8 Å². The maximum absolute atomic E-state index is 11.0. The number of Topliss-reactive ketones (excluding diaryl/α,β-unsaturated/α-hetero) is 1. The molecule has 5 nitrogen and oxygen atoms in total. The SMILES string of the molecule is CC(=O)CCc1ccc(OCc2ccccc2[N+](=O)[O-])cc1. The minimum Gasteiger partial charge on any atom is -0.489 e. The van der Waals surface area contributed by atoms with E-state index in [1.54, 1.807) is 25.1 Å². The molecule has 0 fully saturated rings. The highest BCUT2D eigenvalue weighted by Gasteiger charge is 2.12. The van der Waals surface area contributed by atoms with Gasteiger partial charge in [-0.15, -0.1) is 0 Å². The molecule has 0 heterocycles. The Hall–Kier alpha value is -2.69. The van der Waals surface area contributed by atoms with E-state index in [-0.39, 0.29) is 18.1 Å². The van der Waals surface area contributed by atoms with Crippen molar-refractivity contribution in [3.63, 3.8) is 0 Å². The molecule has 0 aliphatic carbocycles. The molecule has 0 amide bonds. The molecular formula is C17H17NO4. The molecule has 0 aliphatic rings. The van der Waals surface area contributed by atoms with E-state index in [0.717, 1.165) is 5.56 Å². The molecule has 0 bridgehead atoms. The molecule has 2 aromatic rings. The lowest BCUT2D eigenvalue weighted by molar-refractivity contribution is -0.385. The second-order valence-electron chi connectivity index (χ2n) is 5.02. The fourth-order valence-corrected chi connectivity index (χ4v) is 2.04. The topological polar surface area (TPSA) is 69.4 Å². The van der Waals surface area contributed by atoms with Gasteiger partial charge < -0.3 is 9.53 Å². The molecule has 0 N–H and O–H groups in total. The molecule has 0 spiro atoms. The number of aryl methyl sites for hydroxylation is 1. The van der Waals surface area contributed by atoms with E-state index in [4.69, 9.17) is 4.74 Å². The zero-order valence-corrected chi connectivity index (χ0v) is 12.3. The lowest BCUT2D eigenvalue weighted by atomic mass is 10.1. The van der Waals surface area contributed by atoms with Crippen LogP contribution in [0, 0.1) is 10.1 Å². The number of ketones is 1. The molecule has 0 atom stereocenters. The highest BCUT2D eigenvalue weighted by molar-refractivity contribution is 5.75. The van der Waals surface area contributed by atoms with E-state index in [0.29, 0.717) is 24.2 Å². The van der Waals surface area contributed by atoms with Crippen molar-refractivity contribution in [2.45, 2.75) is 26.4 Å². The fraction of sp³-hybridized carbons (Fsp3) is 0.235. The van der Waals surface area contributed by atoms with Crippen LogP contribution in [0.25, 0.3) is 0 Å². The van der Waals surface area contributed by atoms with Gasteiger partial charge in [-0.05, 0) is 37.1 Å². The summed E-state index contributed by atoms with van der Waals surface area (Å²) in [6.45, 7) is 1.72. The Balaban J connectivity index is 1.97. The summed E-state index contributed by atoms with van der Waals surface area (Å²) in [6.07, 6.45) is 1.23. The number of benzene rings is 2. The van der Waals surface area contributed by atoms with Crippen LogP contribution in [0.1, 0.15) is 24.5 Å². The zero-order valence-electron chi connectivity index (χ0n) is 12.3. The number of nitro groups is 1. The normalized spacial score (nSPS) is 10.2. The van der Waals surface area contributed by atoms with Gasteiger partial charge in [-0.3, -0.25) is 10.1 Å². The standard InChI is InChI=1S/C17H17NO4/c1-13(19)6-7-14-8-10-16(11-9-14)22-12-15-4-2-3-5-17(15)18(20)21/h2-5,8-11H,6-7,12H2,1H3. The average Bonchev–Trinajstić information content (AvgIpc) is 2.52. The van der Waals surface area contributed by atoms with Crippen molar-refractivity contribution in [1.29, 1.82) is 0 Å². The number of carbonyl (C=O) groups is 1. The lowest BCUT2D eigenvalue weighted by Gasteiger charge is -2.07. The summed E-state index contributed by atoms with van der Waals surface area (Å²) < 4.78 is 5.59. The average molecular weight is 299 g/mol. The summed E-state index contributed by atoms with van der Waals surface area (Å²) in [4.78, 5) is 21.5. The monoisotopic (exact) mass is 299 g/mol. The molecule has 2 aromatic carbocycles. The molecule has 22 heavy (non-hydrogen) atoms. The van der Waals surface area contributed by atoms with Crippen LogP contribution in [0.3, 0.4) is 0 Å². The first-order valence-electron chi connectivity index (χ1n) is 7.00. The van der Waals surface area contributed by atoms with Gasteiger partial charge in [0.2, 0.25) is 0 Å². The highest BCUT2D eigenvalue weighted by Crippen LogP contribution is 2.21. The Morgan fingerprint density at radius 2 is 1.82 bits per heavy atom. The summed E-state index contributed by atoms with van der Waals surface area (Å²) in [5, 5.41) is 10.9. The quantitative estimate of drug-likeness (QED) is 0.577. The van der Waals surface area contributed by atoms with Crippen LogP contribution in [0.2, 0.25) is 0 Å². The molecule has 2 rings (SSSR count). The third-order valence-electron chi connectivity index (χ3n) is 3.27. The van der Waals surface area contributed by atoms with Gasteiger partial charge >= 0.3 is 0 Å². The third kappa shape index (κ3) is 4.41. The molecule has 0 aromatic heterocycles. The summed E-state index contributed by atoms with van der Waals surface area (Å²) in [6, 6.07) is 13.9. The number of ether oxygens (including phenoxy) is 1. The van der Waals surface area contributed by atoms with Crippen LogP contribution in [0.15, 0.2) is 48.5 Å². The molecule has 0 aliphatic heterocycles. The van der Waals surface area contributed by atoms with Crippen molar-refractivity contribution >= 4 is 11.5 Å². The minimum absolute atomic E-state index is 0.0561. The Labute approximate surface area is 128 Å². The first kappa shape index (κ1) is 15.7. The van der Waals surface area contributed by atoms with E-state index >= 15 is 0 Å². The second-order valence-corrected chi connectivity index (χ2v) is 5.02.